The van der Waals surface area contributed by atoms with Crippen molar-refractivity contribution in [3.05, 3.63) is 75.9 Å². The number of benzene rings is 2. The number of hydrogen-bond donors (Lipinski definition) is 0. The molecule has 0 fully saturated rings. The zero-order valence-electron chi connectivity index (χ0n) is 10.1. The van der Waals surface area contributed by atoms with E-state index in [1.54, 1.807) is 41.8 Å². The Kier molecular flexibility index (Phi) is 4.88. The third-order valence-corrected chi connectivity index (χ3v) is 3.83. The molecule has 0 spiro atoms. The largest absolute Gasteiger partial charge is 0.255 e. The predicted octanol–water partition coefficient (Wildman–Crippen LogP) is 4.40. The highest BCUT2D eigenvalue weighted by molar-refractivity contribution is 7.87. The first-order chi connectivity index (χ1) is 9.15. The zero-order chi connectivity index (χ0) is 13.7. The topological polar surface area (TPSA) is 17.1 Å². The molecule has 2 aromatic rings. The van der Waals surface area contributed by atoms with Crippen molar-refractivity contribution in [3.8, 4) is 0 Å². The van der Waals surface area contributed by atoms with Crippen LogP contribution in [-0.4, -0.2) is 4.21 Å². The highest BCUT2D eigenvalue weighted by atomic mass is 35.5. The second kappa shape index (κ2) is 6.64. The molecule has 0 aromatic heterocycles. The molecule has 2 rings (SSSR count). The first-order valence-corrected chi connectivity index (χ1v) is 7.45. The van der Waals surface area contributed by atoms with Gasteiger partial charge in [0, 0.05) is 16.0 Å². The maximum absolute atomic E-state index is 13.4. The Hall–Kier alpha value is -1.45. The van der Waals surface area contributed by atoms with Crippen LogP contribution in [0.5, 0.6) is 0 Å². The summed E-state index contributed by atoms with van der Waals surface area (Å²) in [6.07, 6.45) is 1.74. The summed E-state index contributed by atoms with van der Waals surface area (Å²) in [7, 11) is -1.24. The maximum Gasteiger partial charge on any atom is 0.127 e. The summed E-state index contributed by atoms with van der Waals surface area (Å²) >= 11 is 5.77. The Bertz CT molecular complexity index is 608. The third kappa shape index (κ3) is 4.30. The Balaban J connectivity index is 2.02. The quantitative estimate of drug-likeness (QED) is 0.817. The van der Waals surface area contributed by atoms with Gasteiger partial charge in [0.1, 0.15) is 5.82 Å². The summed E-state index contributed by atoms with van der Waals surface area (Å²) in [6.45, 7) is 0. The van der Waals surface area contributed by atoms with Gasteiger partial charge >= 0.3 is 0 Å². The van der Waals surface area contributed by atoms with Gasteiger partial charge in [-0.2, -0.15) is 0 Å². The molecule has 0 saturated carbocycles. The van der Waals surface area contributed by atoms with Gasteiger partial charge in [-0.25, -0.2) is 4.39 Å². The van der Waals surface area contributed by atoms with Crippen molar-refractivity contribution >= 4 is 28.5 Å². The van der Waals surface area contributed by atoms with Gasteiger partial charge in [0.05, 0.1) is 16.6 Å². The van der Waals surface area contributed by atoms with Crippen LogP contribution in [0.15, 0.2) is 53.9 Å². The van der Waals surface area contributed by atoms with E-state index in [0.717, 1.165) is 5.56 Å². The minimum Gasteiger partial charge on any atom is -0.255 e. The molecule has 1 unspecified atom stereocenters. The molecule has 0 aliphatic rings. The van der Waals surface area contributed by atoms with E-state index >= 15 is 0 Å². The van der Waals surface area contributed by atoms with Crippen molar-refractivity contribution in [2.75, 3.05) is 0 Å². The standard InChI is InChI=1S/C15H12ClFOS/c16-14-7-5-12(6-8-14)9-10-19(18)11-13-3-1-2-4-15(13)17/h1-10H,11H2/b10-9-. The van der Waals surface area contributed by atoms with Gasteiger partial charge < -0.3 is 0 Å². The van der Waals surface area contributed by atoms with Crippen LogP contribution in [0.25, 0.3) is 6.08 Å². The Morgan fingerprint density at radius 2 is 1.79 bits per heavy atom. The summed E-state index contributed by atoms with van der Waals surface area (Å²) in [4.78, 5) is 0. The van der Waals surface area contributed by atoms with E-state index in [9.17, 15) is 8.60 Å². The SMILES string of the molecule is O=S(/C=C\c1ccc(Cl)cc1)Cc1ccccc1F. The fourth-order valence-corrected chi connectivity index (χ4v) is 2.62. The fraction of sp³-hybridized carbons (Fsp3) is 0.0667. The van der Waals surface area contributed by atoms with Gasteiger partial charge in [-0.1, -0.05) is 41.9 Å². The normalized spacial score (nSPS) is 12.7. The first kappa shape index (κ1) is 14.0. The number of hydrogen-bond acceptors (Lipinski definition) is 1. The van der Waals surface area contributed by atoms with Crippen molar-refractivity contribution in [3.63, 3.8) is 0 Å². The molecule has 98 valence electrons. The van der Waals surface area contributed by atoms with Crippen LogP contribution in [0.1, 0.15) is 11.1 Å². The minimum atomic E-state index is -1.24. The van der Waals surface area contributed by atoms with Crippen LogP contribution in [-0.2, 0) is 16.6 Å². The summed E-state index contributed by atoms with van der Waals surface area (Å²) in [5.41, 5.74) is 1.37. The number of rotatable bonds is 4. The molecular weight excluding hydrogens is 283 g/mol. The first-order valence-electron chi connectivity index (χ1n) is 5.69. The maximum atomic E-state index is 13.4. The van der Waals surface area contributed by atoms with Gasteiger partial charge in [0.25, 0.3) is 0 Å². The van der Waals surface area contributed by atoms with E-state index in [2.05, 4.69) is 0 Å². The lowest BCUT2D eigenvalue weighted by Gasteiger charge is -2.00. The molecule has 0 aliphatic heterocycles. The summed E-state index contributed by atoms with van der Waals surface area (Å²) < 4.78 is 25.2. The van der Waals surface area contributed by atoms with Crippen molar-refractivity contribution in [2.45, 2.75) is 5.75 Å². The van der Waals surface area contributed by atoms with Crippen LogP contribution in [0.4, 0.5) is 4.39 Å². The number of halogens is 2. The molecule has 19 heavy (non-hydrogen) atoms. The molecule has 0 aliphatic carbocycles. The van der Waals surface area contributed by atoms with Crippen molar-refractivity contribution in [2.24, 2.45) is 0 Å². The van der Waals surface area contributed by atoms with Gasteiger partial charge in [0.2, 0.25) is 0 Å². The van der Waals surface area contributed by atoms with Gasteiger partial charge in [-0.15, -0.1) is 0 Å². The van der Waals surface area contributed by atoms with Gasteiger partial charge in [-0.05, 0) is 29.8 Å². The molecule has 0 N–H and O–H groups in total. The molecule has 4 heteroatoms. The predicted molar refractivity (Wildman–Crippen MR) is 78.7 cm³/mol. The second-order valence-corrected chi connectivity index (χ2v) is 5.73. The van der Waals surface area contributed by atoms with E-state index in [4.69, 9.17) is 11.6 Å². The molecule has 1 nitrogen and oxygen atoms in total. The Labute approximate surface area is 119 Å². The molecule has 0 heterocycles. The van der Waals surface area contributed by atoms with Crippen LogP contribution < -0.4 is 0 Å². The molecule has 0 amide bonds. The highest BCUT2D eigenvalue weighted by Gasteiger charge is 2.03. The van der Waals surface area contributed by atoms with Crippen molar-refractivity contribution in [1.29, 1.82) is 0 Å². The van der Waals surface area contributed by atoms with Crippen LogP contribution in [0.3, 0.4) is 0 Å². The second-order valence-electron chi connectivity index (χ2n) is 3.97. The van der Waals surface area contributed by atoms with E-state index in [0.29, 0.717) is 10.6 Å². The summed E-state index contributed by atoms with van der Waals surface area (Å²) in [5, 5.41) is 2.22. The van der Waals surface area contributed by atoms with E-state index < -0.39 is 10.8 Å². The van der Waals surface area contributed by atoms with Gasteiger partial charge in [-0.3, -0.25) is 4.21 Å². The Morgan fingerprint density at radius 1 is 1.11 bits per heavy atom. The lowest BCUT2D eigenvalue weighted by Crippen LogP contribution is -1.94. The molecule has 0 bridgehead atoms. The van der Waals surface area contributed by atoms with E-state index in [1.807, 2.05) is 12.1 Å². The fourth-order valence-electron chi connectivity index (χ4n) is 1.55. The molecule has 2 aromatic carbocycles. The van der Waals surface area contributed by atoms with Crippen LogP contribution in [0, 0.1) is 5.82 Å². The van der Waals surface area contributed by atoms with E-state index in [1.165, 1.54) is 6.07 Å². The smallest absolute Gasteiger partial charge is 0.127 e. The minimum absolute atomic E-state index is 0.177. The van der Waals surface area contributed by atoms with Crippen LogP contribution >= 0.6 is 11.6 Å². The lowest BCUT2D eigenvalue weighted by molar-refractivity contribution is 0.615. The van der Waals surface area contributed by atoms with Crippen molar-refractivity contribution < 1.29 is 8.60 Å². The molecule has 0 saturated heterocycles. The Morgan fingerprint density at radius 3 is 2.47 bits per heavy atom. The van der Waals surface area contributed by atoms with Crippen molar-refractivity contribution in [1.82, 2.24) is 0 Å². The summed E-state index contributed by atoms with van der Waals surface area (Å²) in [6, 6.07) is 13.6. The molecular formula is C15H12ClFOS. The average Bonchev–Trinajstić information content (AvgIpc) is 2.41. The zero-order valence-corrected chi connectivity index (χ0v) is 11.6. The average molecular weight is 295 g/mol. The molecule has 0 radical (unpaired) electrons. The van der Waals surface area contributed by atoms with Gasteiger partial charge in [0.15, 0.2) is 0 Å². The molecule has 1 atom stereocenters. The van der Waals surface area contributed by atoms with Crippen LogP contribution in [0.2, 0.25) is 5.02 Å². The summed E-state index contributed by atoms with van der Waals surface area (Å²) in [5.74, 6) is -0.146. The van der Waals surface area contributed by atoms with E-state index in [-0.39, 0.29) is 11.6 Å². The third-order valence-electron chi connectivity index (χ3n) is 2.54. The highest BCUT2D eigenvalue weighted by Crippen LogP contribution is 2.13. The lowest BCUT2D eigenvalue weighted by atomic mass is 10.2. The monoisotopic (exact) mass is 294 g/mol.